The van der Waals surface area contributed by atoms with Crippen LogP contribution in [-0.2, 0) is 20.3 Å². The molecule has 2 aromatic carbocycles. The molecule has 3 heterocycles. The molecule has 1 aromatic heterocycles. The number of H-pyrrole nitrogens is 1. The number of aromatic carboxylic acids is 1. The Morgan fingerprint density at radius 2 is 2.00 bits per heavy atom. The van der Waals surface area contributed by atoms with E-state index in [-0.39, 0.29) is 34.9 Å². The van der Waals surface area contributed by atoms with Crippen LogP contribution in [0.5, 0.6) is 0 Å². The van der Waals surface area contributed by atoms with Gasteiger partial charge in [-0.05, 0) is 24.1 Å². The maximum Gasteiger partial charge on any atom is 0.411 e. The van der Waals surface area contributed by atoms with Crippen molar-refractivity contribution in [3.63, 3.8) is 0 Å². The van der Waals surface area contributed by atoms with Gasteiger partial charge in [-0.1, -0.05) is 30.3 Å². The Kier molecular flexibility index (Phi) is 5.86. The minimum atomic E-state index is -3.47. The first-order valence-corrected chi connectivity index (χ1v) is 13.8. The van der Waals surface area contributed by atoms with E-state index in [0.29, 0.717) is 29.6 Å². The first-order chi connectivity index (χ1) is 17.8. The summed E-state index contributed by atoms with van der Waals surface area (Å²) in [5.74, 6) is -2.58. The lowest BCUT2D eigenvalue weighted by molar-refractivity contribution is -0.0414. The standard InChI is InChI=1S/C25H26FN5O6S/c1-13(31-12-25(37-24(31)34)10-30(11-25)23(27)28)16-4-3-5-17-19(21(22(32)33)29-20(16)17)14-6-7-15(18(26)8-14)9-38(2,35)36/h3-8,13,29H,9-12H2,1-2H3,(H3,27,28)(H,32,33). The molecule has 1 amide bonds. The Hall–Kier alpha value is -4.13. The summed E-state index contributed by atoms with van der Waals surface area (Å²) in [6.45, 7) is 2.72. The third-order valence-electron chi connectivity index (χ3n) is 7.05. The Bertz CT molecular complexity index is 1610. The van der Waals surface area contributed by atoms with Crippen molar-refractivity contribution in [3.8, 4) is 11.1 Å². The van der Waals surface area contributed by atoms with Gasteiger partial charge in [-0.3, -0.25) is 10.3 Å². The normalized spacial score (nSPS) is 17.5. The summed E-state index contributed by atoms with van der Waals surface area (Å²) < 4.78 is 43.7. The zero-order chi connectivity index (χ0) is 27.6. The number of sulfone groups is 1. The lowest BCUT2D eigenvalue weighted by Gasteiger charge is -2.45. The number of ether oxygens (including phenoxy) is 1. The highest BCUT2D eigenvalue weighted by atomic mass is 32.2. The van der Waals surface area contributed by atoms with Gasteiger partial charge >= 0.3 is 12.1 Å². The Labute approximate surface area is 217 Å². The number of fused-ring (bicyclic) bond motifs is 1. The second kappa shape index (κ2) is 8.72. The van der Waals surface area contributed by atoms with E-state index in [0.717, 1.165) is 12.3 Å². The molecule has 2 aliphatic heterocycles. The number of nitrogens with zero attached hydrogens (tertiary/aromatic N) is 2. The minimum absolute atomic E-state index is 0.0110. The molecule has 2 saturated heterocycles. The second-order valence-corrected chi connectivity index (χ2v) is 12.1. The monoisotopic (exact) mass is 543 g/mol. The minimum Gasteiger partial charge on any atom is -0.477 e. The zero-order valence-electron chi connectivity index (χ0n) is 20.6. The number of para-hydroxylation sites is 1. The quantitative estimate of drug-likeness (QED) is 0.272. The molecule has 5 N–H and O–H groups in total. The smallest absolute Gasteiger partial charge is 0.411 e. The highest BCUT2D eigenvalue weighted by molar-refractivity contribution is 7.89. The van der Waals surface area contributed by atoms with Crippen molar-refractivity contribution in [1.29, 1.82) is 5.41 Å². The van der Waals surface area contributed by atoms with Crippen molar-refractivity contribution >= 4 is 38.8 Å². The molecule has 0 aliphatic carbocycles. The molecule has 1 unspecified atom stereocenters. The first kappa shape index (κ1) is 25.5. The second-order valence-electron chi connectivity index (χ2n) is 9.92. The van der Waals surface area contributed by atoms with Gasteiger partial charge in [0.2, 0.25) is 0 Å². The summed E-state index contributed by atoms with van der Waals surface area (Å²) in [6.07, 6.45) is 0.486. The fourth-order valence-corrected chi connectivity index (χ4v) is 6.05. The van der Waals surface area contributed by atoms with Crippen molar-refractivity contribution in [3.05, 3.63) is 59.0 Å². The number of guanidine groups is 1. The molecule has 13 heteroatoms. The average molecular weight is 544 g/mol. The Morgan fingerprint density at radius 3 is 2.61 bits per heavy atom. The lowest BCUT2D eigenvalue weighted by Crippen LogP contribution is -2.66. The molecule has 0 bridgehead atoms. The van der Waals surface area contributed by atoms with E-state index in [2.05, 4.69) is 4.98 Å². The van der Waals surface area contributed by atoms with Crippen molar-refractivity contribution in [2.75, 3.05) is 25.9 Å². The number of hydrogen-bond donors (Lipinski definition) is 4. The number of aromatic amines is 1. The van der Waals surface area contributed by atoms with Gasteiger partial charge in [0.05, 0.1) is 36.9 Å². The van der Waals surface area contributed by atoms with Crippen molar-refractivity contribution in [1.82, 2.24) is 14.8 Å². The van der Waals surface area contributed by atoms with Gasteiger partial charge in [0.1, 0.15) is 11.5 Å². The van der Waals surface area contributed by atoms with E-state index in [1.807, 2.05) is 0 Å². The first-order valence-electron chi connectivity index (χ1n) is 11.7. The van der Waals surface area contributed by atoms with Crippen molar-refractivity contribution in [2.24, 2.45) is 5.73 Å². The number of carbonyl (C=O) groups is 2. The number of likely N-dealkylation sites (tertiary alicyclic amines) is 1. The van der Waals surface area contributed by atoms with Crippen LogP contribution in [0.1, 0.15) is 34.6 Å². The van der Waals surface area contributed by atoms with Crippen LogP contribution in [0.2, 0.25) is 0 Å². The summed E-state index contributed by atoms with van der Waals surface area (Å²) in [6, 6.07) is 8.66. The summed E-state index contributed by atoms with van der Waals surface area (Å²) >= 11 is 0. The maximum absolute atomic E-state index is 14.8. The molecule has 0 radical (unpaired) electrons. The predicted molar refractivity (Wildman–Crippen MR) is 137 cm³/mol. The van der Waals surface area contributed by atoms with Gasteiger partial charge in [-0.2, -0.15) is 0 Å². The van der Waals surface area contributed by atoms with E-state index in [9.17, 15) is 27.5 Å². The Balaban J connectivity index is 1.53. The topological polar surface area (TPSA) is 170 Å². The van der Waals surface area contributed by atoms with E-state index in [1.165, 1.54) is 12.1 Å². The number of hydrogen-bond acceptors (Lipinski definition) is 6. The van der Waals surface area contributed by atoms with E-state index in [1.54, 1.807) is 34.9 Å². The van der Waals surface area contributed by atoms with Gasteiger partial charge in [0.15, 0.2) is 21.4 Å². The molecule has 2 fully saturated rings. The van der Waals surface area contributed by atoms with Crippen molar-refractivity contribution < 1.29 is 32.2 Å². The molecule has 1 atom stereocenters. The van der Waals surface area contributed by atoms with Crippen LogP contribution >= 0.6 is 0 Å². The van der Waals surface area contributed by atoms with Crippen molar-refractivity contribution in [2.45, 2.75) is 24.3 Å². The number of carboxylic acid groups (broad SMARTS) is 1. The van der Waals surface area contributed by atoms with Gasteiger partial charge in [-0.25, -0.2) is 22.4 Å². The average Bonchev–Trinajstić information content (AvgIpc) is 3.36. The fraction of sp³-hybridized carbons (Fsp3) is 0.320. The highest BCUT2D eigenvalue weighted by Gasteiger charge is 2.55. The van der Waals surface area contributed by atoms with Crippen LogP contribution in [0, 0.1) is 11.2 Å². The van der Waals surface area contributed by atoms with Gasteiger partial charge in [0, 0.05) is 22.8 Å². The molecular weight excluding hydrogens is 517 g/mol. The molecule has 0 saturated carbocycles. The van der Waals surface area contributed by atoms with Crippen LogP contribution in [-0.4, -0.2) is 77.8 Å². The number of carboxylic acids is 1. The maximum atomic E-state index is 14.8. The van der Waals surface area contributed by atoms with E-state index in [4.69, 9.17) is 15.9 Å². The third kappa shape index (κ3) is 4.32. The number of nitrogens with one attached hydrogen (secondary N) is 2. The SMILES string of the molecule is CC(c1cccc2c(-c3ccc(CS(C)(=O)=O)c(F)c3)c(C(=O)O)[nH]c12)N1CC2(CN(C(=N)N)C2)OC1=O. The van der Waals surface area contributed by atoms with Crippen LogP contribution in [0.25, 0.3) is 22.0 Å². The molecule has 5 rings (SSSR count). The van der Waals surface area contributed by atoms with E-state index < -0.39 is 45.1 Å². The lowest BCUT2D eigenvalue weighted by atomic mass is 9.93. The van der Waals surface area contributed by atoms with E-state index >= 15 is 0 Å². The molecule has 11 nitrogen and oxygen atoms in total. The summed E-state index contributed by atoms with van der Waals surface area (Å²) in [5.41, 5.74) is 6.22. The van der Waals surface area contributed by atoms with Crippen LogP contribution in [0.4, 0.5) is 9.18 Å². The number of aromatic nitrogens is 1. The predicted octanol–water partition coefficient (Wildman–Crippen LogP) is 2.68. The van der Waals surface area contributed by atoms with Crippen LogP contribution in [0.15, 0.2) is 36.4 Å². The van der Waals surface area contributed by atoms with Gasteiger partial charge in [0.25, 0.3) is 0 Å². The zero-order valence-corrected chi connectivity index (χ0v) is 21.4. The number of benzene rings is 2. The molecule has 38 heavy (non-hydrogen) atoms. The summed E-state index contributed by atoms with van der Waals surface area (Å²) in [4.78, 5) is 31.1. The molecule has 3 aromatic rings. The highest BCUT2D eigenvalue weighted by Crippen LogP contribution is 2.40. The largest absolute Gasteiger partial charge is 0.477 e. The number of nitrogens with two attached hydrogens (primary N) is 1. The summed E-state index contributed by atoms with van der Waals surface area (Å²) in [7, 11) is -3.47. The van der Waals surface area contributed by atoms with Gasteiger partial charge in [-0.15, -0.1) is 0 Å². The number of carbonyl (C=O) groups excluding carboxylic acids is 1. The summed E-state index contributed by atoms with van der Waals surface area (Å²) in [5, 5.41) is 18.0. The van der Waals surface area contributed by atoms with Crippen LogP contribution < -0.4 is 5.73 Å². The number of halogens is 1. The van der Waals surface area contributed by atoms with Crippen LogP contribution in [0.3, 0.4) is 0 Å². The molecule has 1 spiro atoms. The molecule has 200 valence electrons. The number of amides is 1. The van der Waals surface area contributed by atoms with Gasteiger partial charge < -0.3 is 25.5 Å². The molecular formula is C25H26FN5O6S. The third-order valence-corrected chi connectivity index (χ3v) is 7.89. The fourth-order valence-electron chi connectivity index (χ4n) is 5.25. The Morgan fingerprint density at radius 1 is 1.29 bits per heavy atom. The molecule has 2 aliphatic rings. The number of rotatable bonds is 6.